The van der Waals surface area contributed by atoms with E-state index < -0.39 is 0 Å². The van der Waals surface area contributed by atoms with Crippen molar-refractivity contribution in [1.29, 1.82) is 0 Å². The van der Waals surface area contributed by atoms with Gasteiger partial charge in [-0.3, -0.25) is 4.79 Å². The van der Waals surface area contributed by atoms with Gasteiger partial charge in [0.1, 0.15) is 0 Å². The maximum atomic E-state index is 12.2. The summed E-state index contributed by atoms with van der Waals surface area (Å²) < 4.78 is 11.5. The van der Waals surface area contributed by atoms with Gasteiger partial charge in [-0.1, -0.05) is 34.1 Å². The summed E-state index contributed by atoms with van der Waals surface area (Å²) in [5.74, 6) is 1.24. The SMILES string of the molecule is COc1ccc(CC(=O)NC(C)c2cccc(Br)c2)cc1OC. The fraction of sp³-hybridized carbons (Fsp3) is 0.278. The van der Waals surface area contributed by atoms with Crippen molar-refractivity contribution >= 4 is 21.8 Å². The van der Waals surface area contributed by atoms with Crippen LogP contribution in [0, 0.1) is 0 Å². The van der Waals surface area contributed by atoms with Gasteiger partial charge in [-0.2, -0.15) is 0 Å². The molecule has 0 aromatic heterocycles. The zero-order chi connectivity index (χ0) is 16.8. The molecule has 23 heavy (non-hydrogen) atoms. The Balaban J connectivity index is 2.02. The molecule has 0 aliphatic rings. The molecule has 2 aromatic carbocycles. The summed E-state index contributed by atoms with van der Waals surface area (Å²) in [6, 6.07) is 13.3. The van der Waals surface area contributed by atoms with E-state index in [1.54, 1.807) is 20.3 Å². The average molecular weight is 378 g/mol. The molecule has 1 amide bonds. The monoisotopic (exact) mass is 377 g/mol. The number of benzene rings is 2. The fourth-order valence-corrected chi connectivity index (χ4v) is 2.74. The Bertz CT molecular complexity index is 688. The molecular formula is C18H20BrNO3. The molecule has 1 unspecified atom stereocenters. The van der Waals surface area contributed by atoms with Crippen LogP contribution in [0.1, 0.15) is 24.1 Å². The van der Waals surface area contributed by atoms with Crippen LogP contribution in [0.3, 0.4) is 0 Å². The molecule has 122 valence electrons. The smallest absolute Gasteiger partial charge is 0.224 e. The van der Waals surface area contributed by atoms with E-state index >= 15 is 0 Å². The van der Waals surface area contributed by atoms with Crippen LogP contribution >= 0.6 is 15.9 Å². The second kappa shape index (κ2) is 8.02. The van der Waals surface area contributed by atoms with Gasteiger partial charge in [-0.05, 0) is 42.3 Å². The fourth-order valence-electron chi connectivity index (χ4n) is 2.33. The number of rotatable bonds is 6. The van der Waals surface area contributed by atoms with Gasteiger partial charge in [0, 0.05) is 4.47 Å². The molecule has 2 aromatic rings. The second-order valence-corrected chi connectivity index (χ2v) is 6.13. The molecule has 2 rings (SSSR count). The number of hydrogen-bond donors (Lipinski definition) is 1. The van der Waals surface area contributed by atoms with Gasteiger partial charge >= 0.3 is 0 Å². The molecule has 1 N–H and O–H groups in total. The minimum absolute atomic E-state index is 0.0373. The van der Waals surface area contributed by atoms with Crippen LogP contribution < -0.4 is 14.8 Å². The summed E-state index contributed by atoms with van der Waals surface area (Å²) in [7, 11) is 3.17. The molecule has 4 nitrogen and oxygen atoms in total. The molecule has 1 atom stereocenters. The Morgan fingerprint density at radius 2 is 1.87 bits per heavy atom. The van der Waals surface area contributed by atoms with Crippen molar-refractivity contribution in [3.8, 4) is 11.5 Å². The standard InChI is InChI=1S/C18H20BrNO3/c1-12(14-5-4-6-15(19)11-14)20-18(21)10-13-7-8-16(22-2)17(9-13)23-3/h4-9,11-12H,10H2,1-3H3,(H,20,21). The van der Waals surface area contributed by atoms with E-state index in [-0.39, 0.29) is 11.9 Å². The number of methoxy groups -OCH3 is 2. The summed E-state index contributed by atoms with van der Waals surface area (Å²) in [6.07, 6.45) is 0.290. The highest BCUT2D eigenvalue weighted by Crippen LogP contribution is 2.27. The molecule has 0 saturated heterocycles. The van der Waals surface area contributed by atoms with Crippen molar-refractivity contribution in [2.45, 2.75) is 19.4 Å². The third-order valence-electron chi connectivity index (χ3n) is 3.54. The lowest BCUT2D eigenvalue weighted by molar-refractivity contribution is -0.121. The van der Waals surface area contributed by atoms with E-state index in [9.17, 15) is 4.79 Å². The van der Waals surface area contributed by atoms with E-state index in [0.717, 1.165) is 15.6 Å². The van der Waals surface area contributed by atoms with Crippen molar-refractivity contribution in [1.82, 2.24) is 5.32 Å². The van der Waals surface area contributed by atoms with Crippen LogP contribution in [0.2, 0.25) is 0 Å². The summed E-state index contributed by atoms with van der Waals surface area (Å²) in [5, 5.41) is 3.01. The van der Waals surface area contributed by atoms with Crippen LogP contribution in [0.5, 0.6) is 11.5 Å². The Morgan fingerprint density at radius 3 is 2.52 bits per heavy atom. The van der Waals surface area contributed by atoms with Crippen LogP contribution in [0.15, 0.2) is 46.9 Å². The molecule has 0 bridgehead atoms. The van der Waals surface area contributed by atoms with Crippen molar-refractivity contribution in [2.24, 2.45) is 0 Å². The first-order valence-electron chi connectivity index (χ1n) is 7.29. The Hall–Kier alpha value is -2.01. The summed E-state index contributed by atoms with van der Waals surface area (Å²) in [5.41, 5.74) is 1.93. The molecule has 0 aliphatic carbocycles. The number of halogens is 1. The molecule has 0 saturated carbocycles. The second-order valence-electron chi connectivity index (χ2n) is 5.21. The maximum Gasteiger partial charge on any atom is 0.224 e. The van der Waals surface area contributed by atoms with Gasteiger partial charge in [0.2, 0.25) is 5.91 Å². The number of carbonyl (C=O) groups excluding carboxylic acids is 1. The number of hydrogen-bond acceptors (Lipinski definition) is 3. The minimum atomic E-state index is -0.0554. The van der Waals surface area contributed by atoms with Crippen LogP contribution in [-0.4, -0.2) is 20.1 Å². The highest BCUT2D eigenvalue weighted by atomic mass is 79.9. The number of nitrogens with one attached hydrogen (secondary N) is 1. The Kier molecular flexibility index (Phi) is 6.04. The van der Waals surface area contributed by atoms with Crippen molar-refractivity contribution in [3.63, 3.8) is 0 Å². The number of ether oxygens (including phenoxy) is 2. The topological polar surface area (TPSA) is 47.6 Å². The summed E-state index contributed by atoms with van der Waals surface area (Å²) in [6.45, 7) is 1.97. The highest BCUT2D eigenvalue weighted by molar-refractivity contribution is 9.10. The molecule has 5 heteroatoms. The molecule has 0 radical (unpaired) electrons. The van der Waals surface area contributed by atoms with Gasteiger partial charge in [0.25, 0.3) is 0 Å². The van der Waals surface area contributed by atoms with Gasteiger partial charge in [0.05, 0.1) is 26.7 Å². The molecular weight excluding hydrogens is 358 g/mol. The molecule has 0 heterocycles. The lowest BCUT2D eigenvalue weighted by atomic mass is 10.1. The van der Waals surface area contributed by atoms with Crippen LogP contribution in [0.25, 0.3) is 0 Å². The lowest BCUT2D eigenvalue weighted by Gasteiger charge is -2.15. The summed E-state index contributed by atoms with van der Waals surface area (Å²) >= 11 is 3.44. The first-order valence-corrected chi connectivity index (χ1v) is 8.08. The molecule has 0 spiro atoms. The highest BCUT2D eigenvalue weighted by Gasteiger charge is 2.12. The van der Waals surface area contributed by atoms with Gasteiger partial charge in [-0.25, -0.2) is 0 Å². The zero-order valence-corrected chi connectivity index (χ0v) is 15.0. The van der Waals surface area contributed by atoms with Crippen LogP contribution in [0.4, 0.5) is 0 Å². The normalized spacial score (nSPS) is 11.7. The van der Waals surface area contributed by atoms with Gasteiger partial charge in [-0.15, -0.1) is 0 Å². The van der Waals surface area contributed by atoms with E-state index in [1.807, 2.05) is 43.3 Å². The third kappa shape index (κ3) is 4.73. The lowest BCUT2D eigenvalue weighted by Crippen LogP contribution is -2.28. The maximum absolute atomic E-state index is 12.2. The quantitative estimate of drug-likeness (QED) is 0.830. The Labute approximate surface area is 144 Å². The number of carbonyl (C=O) groups is 1. The third-order valence-corrected chi connectivity index (χ3v) is 4.03. The zero-order valence-electron chi connectivity index (χ0n) is 13.4. The summed E-state index contributed by atoms with van der Waals surface area (Å²) in [4.78, 5) is 12.2. The van der Waals surface area contributed by atoms with E-state index in [4.69, 9.17) is 9.47 Å². The molecule has 0 aliphatic heterocycles. The first-order chi connectivity index (χ1) is 11.0. The average Bonchev–Trinajstić information content (AvgIpc) is 2.54. The van der Waals surface area contributed by atoms with Crippen molar-refractivity contribution < 1.29 is 14.3 Å². The number of amides is 1. The van der Waals surface area contributed by atoms with E-state index in [1.165, 1.54) is 0 Å². The van der Waals surface area contributed by atoms with Crippen molar-refractivity contribution in [3.05, 3.63) is 58.1 Å². The van der Waals surface area contributed by atoms with Crippen molar-refractivity contribution in [2.75, 3.05) is 14.2 Å². The predicted molar refractivity (Wildman–Crippen MR) is 93.9 cm³/mol. The first kappa shape index (κ1) is 17.3. The van der Waals surface area contributed by atoms with Gasteiger partial charge < -0.3 is 14.8 Å². The largest absolute Gasteiger partial charge is 0.493 e. The van der Waals surface area contributed by atoms with E-state index in [2.05, 4.69) is 21.2 Å². The van der Waals surface area contributed by atoms with Crippen LogP contribution in [-0.2, 0) is 11.2 Å². The minimum Gasteiger partial charge on any atom is -0.493 e. The van der Waals surface area contributed by atoms with Gasteiger partial charge in [0.15, 0.2) is 11.5 Å². The van der Waals surface area contributed by atoms with E-state index in [0.29, 0.717) is 17.9 Å². The predicted octanol–water partition coefficient (Wildman–Crippen LogP) is 3.89. The molecule has 0 fully saturated rings. The Morgan fingerprint density at radius 1 is 1.13 bits per heavy atom.